The van der Waals surface area contributed by atoms with Gasteiger partial charge in [-0.2, -0.15) is 0 Å². The van der Waals surface area contributed by atoms with Crippen LogP contribution in [0.3, 0.4) is 0 Å². The molecule has 3 nitrogen and oxygen atoms in total. The molecule has 0 spiro atoms. The molecule has 0 radical (unpaired) electrons. The fraction of sp³-hybridized carbons (Fsp3) is 0.150. The first-order chi connectivity index (χ1) is 12.5. The van der Waals surface area contributed by atoms with Crippen molar-refractivity contribution in [2.75, 3.05) is 7.11 Å². The average Bonchev–Trinajstić information content (AvgIpc) is 2.96. The lowest BCUT2D eigenvalue weighted by Crippen LogP contribution is -2.24. The molecule has 134 valence electrons. The number of amides is 1. The third-order valence-electron chi connectivity index (χ3n) is 3.98. The Labute approximate surface area is 160 Å². The van der Waals surface area contributed by atoms with Crippen LogP contribution in [0.5, 0.6) is 5.75 Å². The molecule has 1 amide bonds. The zero-order chi connectivity index (χ0) is 18.7. The fourth-order valence-electron chi connectivity index (χ4n) is 2.59. The summed E-state index contributed by atoms with van der Waals surface area (Å²) in [6, 6.07) is 12.1. The molecular formula is C20H17ClFNO2S. The van der Waals surface area contributed by atoms with Crippen LogP contribution in [0, 0.1) is 5.82 Å². The van der Waals surface area contributed by atoms with E-state index in [4.69, 9.17) is 16.3 Å². The number of carbonyl (C=O) groups is 1. The van der Waals surface area contributed by atoms with Crippen molar-refractivity contribution in [1.82, 2.24) is 5.32 Å². The molecule has 0 saturated carbocycles. The first-order valence-electron chi connectivity index (χ1n) is 7.98. The summed E-state index contributed by atoms with van der Waals surface area (Å²) in [7, 11) is 1.41. The van der Waals surface area contributed by atoms with Crippen molar-refractivity contribution >= 4 is 45.0 Å². The third kappa shape index (κ3) is 3.89. The summed E-state index contributed by atoms with van der Waals surface area (Å²) in [5.74, 6) is -0.562. The number of fused-ring (bicyclic) bond motifs is 1. The van der Waals surface area contributed by atoms with Crippen LogP contribution >= 0.6 is 22.9 Å². The minimum atomic E-state index is -0.460. The smallest absolute Gasteiger partial charge is 0.244 e. The van der Waals surface area contributed by atoms with Gasteiger partial charge in [-0.1, -0.05) is 35.9 Å². The van der Waals surface area contributed by atoms with Crippen LogP contribution < -0.4 is 10.1 Å². The van der Waals surface area contributed by atoms with Gasteiger partial charge in [0.2, 0.25) is 5.91 Å². The molecular weight excluding hydrogens is 373 g/mol. The number of nitrogens with one attached hydrogen (secondary N) is 1. The second-order valence-electron chi connectivity index (χ2n) is 5.73. The summed E-state index contributed by atoms with van der Waals surface area (Å²) in [6.07, 6.45) is 3.14. The summed E-state index contributed by atoms with van der Waals surface area (Å²) in [6.45, 7) is 1.79. The van der Waals surface area contributed by atoms with Crippen LogP contribution in [-0.4, -0.2) is 13.0 Å². The average molecular weight is 390 g/mol. The molecule has 1 atom stereocenters. The van der Waals surface area contributed by atoms with E-state index in [1.807, 2.05) is 24.3 Å². The monoisotopic (exact) mass is 389 g/mol. The van der Waals surface area contributed by atoms with E-state index in [1.165, 1.54) is 30.6 Å². The van der Waals surface area contributed by atoms with Gasteiger partial charge in [0.05, 0.1) is 18.2 Å². The number of hydrogen-bond donors (Lipinski definition) is 1. The molecule has 0 aliphatic heterocycles. The molecule has 1 heterocycles. The Morgan fingerprint density at radius 2 is 2.08 bits per heavy atom. The van der Waals surface area contributed by atoms with Crippen molar-refractivity contribution in [2.24, 2.45) is 0 Å². The molecule has 0 bridgehead atoms. The SMILES string of the molecule is COc1ccc(C(C)NC(=O)/C=C/c2sc3ccccc3c2Cl)cc1F. The quantitative estimate of drug-likeness (QED) is 0.577. The molecule has 0 fully saturated rings. The molecule has 1 N–H and O–H groups in total. The van der Waals surface area contributed by atoms with E-state index in [-0.39, 0.29) is 17.7 Å². The Hall–Kier alpha value is -2.37. The Balaban J connectivity index is 1.70. The topological polar surface area (TPSA) is 38.3 Å². The number of halogens is 2. The Bertz CT molecular complexity index is 983. The maximum absolute atomic E-state index is 13.8. The number of methoxy groups -OCH3 is 1. The molecule has 1 unspecified atom stereocenters. The maximum Gasteiger partial charge on any atom is 0.244 e. The van der Waals surface area contributed by atoms with Gasteiger partial charge in [0.25, 0.3) is 0 Å². The van der Waals surface area contributed by atoms with Gasteiger partial charge in [-0.3, -0.25) is 4.79 Å². The summed E-state index contributed by atoms with van der Waals surface area (Å²) in [4.78, 5) is 13.0. The highest BCUT2D eigenvalue weighted by Crippen LogP contribution is 2.35. The lowest BCUT2D eigenvalue weighted by molar-refractivity contribution is -0.117. The zero-order valence-corrected chi connectivity index (χ0v) is 15.8. The Kier molecular flexibility index (Phi) is 5.59. The molecule has 3 aromatic rings. The number of hydrogen-bond acceptors (Lipinski definition) is 3. The highest BCUT2D eigenvalue weighted by molar-refractivity contribution is 7.20. The number of rotatable bonds is 5. The van der Waals surface area contributed by atoms with Crippen LogP contribution in [-0.2, 0) is 4.79 Å². The van der Waals surface area contributed by atoms with Crippen molar-refractivity contribution in [1.29, 1.82) is 0 Å². The molecule has 0 aliphatic rings. The molecule has 2 aromatic carbocycles. The van der Waals surface area contributed by atoms with Gasteiger partial charge in [0.15, 0.2) is 11.6 Å². The number of ether oxygens (including phenoxy) is 1. The van der Waals surface area contributed by atoms with Crippen molar-refractivity contribution in [2.45, 2.75) is 13.0 Å². The highest BCUT2D eigenvalue weighted by atomic mass is 35.5. The van der Waals surface area contributed by atoms with Gasteiger partial charge in [-0.25, -0.2) is 4.39 Å². The molecule has 0 aliphatic carbocycles. The number of benzene rings is 2. The summed E-state index contributed by atoms with van der Waals surface area (Å²) >= 11 is 7.89. The van der Waals surface area contributed by atoms with Gasteiger partial charge in [-0.15, -0.1) is 11.3 Å². The van der Waals surface area contributed by atoms with Crippen LogP contribution in [0.4, 0.5) is 4.39 Å². The summed E-state index contributed by atoms with van der Waals surface area (Å²) < 4.78 is 19.8. The maximum atomic E-state index is 13.8. The Morgan fingerprint density at radius 3 is 2.77 bits per heavy atom. The van der Waals surface area contributed by atoms with E-state index < -0.39 is 5.82 Å². The van der Waals surface area contributed by atoms with E-state index in [9.17, 15) is 9.18 Å². The van der Waals surface area contributed by atoms with E-state index >= 15 is 0 Å². The van der Waals surface area contributed by atoms with Crippen LogP contribution in [0.2, 0.25) is 5.02 Å². The van der Waals surface area contributed by atoms with Gasteiger partial charge in [-0.05, 0) is 36.8 Å². The van der Waals surface area contributed by atoms with Crippen molar-refractivity contribution in [3.05, 3.63) is 69.8 Å². The fourth-order valence-corrected chi connectivity index (χ4v) is 3.99. The van der Waals surface area contributed by atoms with E-state index in [2.05, 4.69) is 5.32 Å². The van der Waals surface area contributed by atoms with Crippen LogP contribution in [0.1, 0.15) is 23.4 Å². The largest absolute Gasteiger partial charge is 0.494 e. The molecule has 0 saturated heterocycles. The summed E-state index contributed by atoms with van der Waals surface area (Å²) in [5, 5.41) is 4.42. The van der Waals surface area contributed by atoms with E-state index in [0.29, 0.717) is 10.6 Å². The third-order valence-corrected chi connectivity index (χ3v) is 5.64. The Morgan fingerprint density at radius 1 is 1.31 bits per heavy atom. The highest BCUT2D eigenvalue weighted by Gasteiger charge is 2.12. The zero-order valence-electron chi connectivity index (χ0n) is 14.3. The van der Waals surface area contributed by atoms with Gasteiger partial charge >= 0.3 is 0 Å². The minimum absolute atomic E-state index is 0.173. The number of carbonyl (C=O) groups excluding carboxylic acids is 1. The first kappa shape index (κ1) is 18.4. The van der Waals surface area contributed by atoms with Crippen molar-refractivity contribution in [3.8, 4) is 5.75 Å². The van der Waals surface area contributed by atoms with Gasteiger partial charge in [0.1, 0.15) is 0 Å². The van der Waals surface area contributed by atoms with E-state index in [0.717, 1.165) is 15.0 Å². The van der Waals surface area contributed by atoms with Gasteiger partial charge < -0.3 is 10.1 Å². The van der Waals surface area contributed by atoms with Crippen molar-refractivity contribution in [3.63, 3.8) is 0 Å². The predicted octanol–water partition coefficient (Wildman–Crippen LogP) is 5.59. The normalized spacial score (nSPS) is 12.5. The standard InChI is InChI=1S/C20H17ClFNO2S/c1-12(13-7-8-16(25-2)15(22)11-13)23-19(24)10-9-18-20(21)14-5-3-4-6-17(14)26-18/h3-12H,1-2H3,(H,23,24)/b10-9+. The summed E-state index contributed by atoms with van der Waals surface area (Å²) in [5.41, 5.74) is 0.657. The van der Waals surface area contributed by atoms with Crippen LogP contribution in [0.15, 0.2) is 48.5 Å². The lowest BCUT2D eigenvalue weighted by Gasteiger charge is -2.14. The molecule has 3 rings (SSSR count). The first-order valence-corrected chi connectivity index (χ1v) is 9.18. The van der Waals surface area contributed by atoms with Crippen LogP contribution in [0.25, 0.3) is 16.2 Å². The molecule has 1 aromatic heterocycles. The van der Waals surface area contributed by atoms with Gasteiger partial charge in [0, 0.05) is 21.0 Å². The molecule has 26 heavy (non-hydrogen) atoms. The predicted molar refractivity (Wildman–Crippen MR) is 105 cm³/mol. The second-order valence-corrected chi connectivity index (χ2v) is 7.20. The minimum Gasteiger partial charge on any atom is -0.494 e. The lowest BCUT2D eigenvalue weighted by atomic mass is 10.1. The van der Waals surface area contributed by atoms with E-state index in [1.54, 1.807) is 25.1 Å². The van der Waals surface area contributed by atoms with Crippen molar-refractivity contribution < 1.29 is 13.9 Å². The molecule has 6 heteroatoms. The number of thiophene rings is 1. The second kappa shape index (κ2) is 7.89.